The Hall–Kier alpha value is -2.74. The maximum Gasteiger partial charge on any atom is 0.246 e. The van der Waals surface area contributed by atoms with E-state index >= 15 is 0 Å². The lowest BCUT2D eigenvalue weighted by Crippen LogP contribution is -2.57. The third-order valence-corrected chi connectivity index (χ3v) is 6.71. The number of hydrogen-bond donors (Lipinski definition) is 2. The molecule has 7 nitrogen and oxygen atoms in total. The molecule has 200 valence electrons. The molecule has 0 spiro atoms. The summed E-state index contributed by atoms with van der Waals surface area (Å²) < 4.78 is 0. The number of likely N-dealkylation sites (tertiary alicyclic amines) is 1. The van der Waals surface area contributed by atoms with Crippen LogP contribution in [-0.2, 0) is 20.9 Å². The SMILES string of the molecule is CC.CC.CC(=O)NC(C(=O)N1CCCC1C(=O)NCc1ccc(-c2scnc2C)cc1)C(C)(C)C. The van der Waals surface area contributed by atoms with Crippen LogP contribution >= 0.6 is 11.3 Å². The number of rotatable bonds is 6. The molecule has 36 heavy (non-hydrogen) atoms. The first-order chi connectivity index (χ1) is 17.1. The maximum atomic E-state index is 13.2. The average molecular weight is 517 g/mol. The van der Waals surface area contributed by atoms with Gasteiger partial charge in [0.25, 0.3) is 0 Å². The Morgan fingerprint density at radius 3 is 2.22 bits per heavy atom. The zero-order chi connectivity index (χ0) is 27.5. The first-order valence-corrected chi connectivity index (χ1v) is 13.8. The van der Waals surface area contributed by atoms with E-state index in [1.165, 1.54) is 6.92 Å². The second-order valence-electron chi connectivity index (χ2n) is 9.37. The number of nitrogens with one attached hydrogen (secondary N) is 2. The average Bonchev–Trinajstić information content (AvgIpc) is 3.52. The van der Waals surface area contributed by atoms with Crippen molar-refractivity contribution < 1.29 is 14.4 Å². The van der Waals surface area contributed by atoms with Crippen molar-refractivity contribution in [2.45, 2.75) is 93.8 Å². The number of thiazole rings is 1. The van der Waals surface area contributed by atoms with E-state index in [9.17, 15) is 14.4 Å². The predicted molar refractivity (Wildman–Crippen MR) is 149 cm³/mol. The van der Waals surface area contributed by atoms with Gasteiger partial charge in [-0.2, -0.15) is 0 Å². The largest absolute Gasteiger partial charge is 0.350 e. The molecule has 1 aromatic heterocycles. The minimum atomic E-state index is -0.670. The van der Waals surface area contributed by atoms with Crippen LogP contribution in [0.4, 0.5) is 0 Å². The van der Waals surface area contributed by atoms with E-state index in [0.29, 0.717) is 19.5 Å². The lowest BCUT2D eigenvalue weighted by molar-refractivity contribution is -0.143. The van der Waals surface area contributed by atoms with Gasteiger partial charge in [-0.05, 0) is 36.3 Å². The number of hydrogen-bond acceptors (Lipinski definition) is 5. The smallest absolute Gasteiger partial charge is 0.246 e. The first-order valence-electron chi connectivity index (χ1n) is 12.9. The third kappa shape index (κ3) is 8.43. The van der Waals surface area contributed by atoms with Gasteiger partial charge in [0, 0.05) is 20.0 Å². The van der Waals surface area contributed by atoms with Gasteiger partial charge in [0.15, 0.2) is 0 Å². The van der Waals surface area contributed by atoms with Gasteiger partial charge in [0.05, 0.1) is 16.1 Å². The summed E-state index contributed by atoms with van der Waals surface area (Å²) in [4.78, 5) is 44.9. The van der Waals surface area contributed by atoms with Crippen LogP contribution in [-0.4, -0.2) is 46.2 Å². The van der Waals surface area contributed by atoms with Crippen LogP contribution < -0.4 is 10.6 Å². The summed E-state index contributed by atoms with van der Waals surface area (Å²) in [6, 6.07) is 6.89. The fourth-order valence-electron chi connectivity index (χ4n) is 3.98. The zero-order valence-corrected chi connectivity index (χ0v) is 24.2. The summed E-state index contributed by atoms with van der Waals surface area (Å²) in [6.07, 6.45) is 1.39. The lowest BCUT2D eigenvalue weighted by atomic mass is 9.85. The second kappa shape index (κ2) is 14.7. The van der Waals surface area contributed by atoms with Crippen LogP contribution in [0, 0.1) is 12.3 Å². The molecule has 1 aromatic carbocycles. The van der Waals surface area contributed by atoms with Gasteiger partial charge >= 0.3 is 0 Å². The van der Waals surface area contributed by atoms with Crippen LogP contribution in [0.2, 0.25) is 0 Å². The van der Waals surface area contributed by atoms with Gasteiger partial charge < -0.3 is 15.5 Å². The van der Waals surface area contributed by atoms with Crippen LogP contribution in [0.25, 0.3) is 10.4 Å². The standard InChI is InChI=1S/C24H32N4O3S.2C2H6/c1-15-20(32-14-26-15)18-10-8-17(9-11-18)13-25-22(30)19-7-6-12-28(19)23(31)21(24(3,4)5)27-16(2)29;2*1-2/h8-11,14,19,21H,6-7,12-13H2,1-5H3,(H,25,30)(H,27,29);2*1-2H3. The van der Waals surface area contributed by atoms with Crippen molar-refractivity contribution in [2.24, 2.45) is 5.41 Å². The second-order valence-corrected chi connectivity index (χ2v) is 10.2. The van der Waals surface area contributed by atoms with E-state index < -0.39 is 17.5 Å². The van der Waals surface area contributed by atoms with Crippen molar-refractivity contribution >= 4 is 29.1 Å². The third-order valence-electron chi connectivity index (χ3n) is 5.73. The van der Waals surface area contributed by atoms with Crippen LogP contribution in [0.5, 0.6) is 0 Å². The fraction of sp³-hybridized carbons (Fsp3) is 0.571. The Morgan fingerprint density at radius 2 is 1.72 bits per heavy atom. The Balaban J connectivity index is 0.00000154. The number of amides is 3. The van der Waals surface area contributed by atoms with Crippen molar-refractivity contribution in [3.05, 3.63) is 41.0 Å². The lowest BCUT2D eigenvalue weighted by Gasteiger charge is -2.35. The van der Waals surface area contributed by atoms with E-state index in [1.807, 2.05) is 85.2 Å². The number of nitrogens with zero attached hydrogens (tertiary/aromatic N) is 2. The number of carbonyl (C=O) groups is 3. The van der Waals surface area contributed by atoms with E-state index in [4.69, 9.17) is 0 Å². The fourth-order valence-corrected chi connectivity index (χ4v) is 4.79. The highest BCUT2D eigenvalue weighted by Gasteiger charge is 2.41. The minimum Gasteiger partial charge on any atom is -0.350 e. The number of carbonyl (C=O) groups excluding carboxylic acids is 3. The maximum absolute atomic E-state index is 13.2. The van der Waals surface area contributed by atoms with Gasteiger partial charge in [-0.15, -0.1) is 11.3 Å². The van der Waals surface area contributed by atoms with Gasteiger partial charge in [0.2, 0.25) is 17.7 Å². The van der Waals surface area contributed by atoms with Gasteiger partial charge in [-0.1, -0.05) is 72.7 Å². The molecule has 0 aliphatic carbocycles. The number of aryl methyl sites for hydroxylation is 1. The summed E-state index contributed by atoms with van der Waals surface area (Å²) in [5, 5.41) is 5.75. The van der Waals surface area contributed by atoms with E-state index in [1.54, 1.807) is 16.2 Å². The van der Waals surface area contributed by atoms with Crippen molar-refractivity contribution in [3.63, 3.8) is 0 Å². The summed E-state index contributed by atoms with van der Waals surface area (Å²) in [7, 11) is 0. The van der Waals surface area contributed by atoms with Crippen LogP contribution in [0.15, 0.2) is 29.8 Å². The Labute approximate surface area is 221 Å². The number of aromatic nitrogens is 1. The van der Waals surface area contributed by atoms with E-state index in [2.05, 4.69) is 15.6 Å². The molecule has 0 bridgehead atoms. The van der Waals surface area contributed by atoms with Crippen molar-refractivity contribution in [1.29, 1.82) is 0 Å². The normalized spacial score (nSPS) is 15.6. The summed E-state index contributed by atoms with van der Waals surface area (Å²) >= 11 is 1.61. The molecule has 1 saturated heterocycles. The molecule has 2 heterocycles. The van der Waals surface area contributed by atoms with Crippen LogP contribution in [0.3, 0.4) is 0 Å². The predicted octanol–water partition coefficient (Wildman–Crippen LogP) is 5.33. The van der Waals surface area contributed by atoms with Crippen molar-refractivity contribution in [3.8, 4) is 10.4 Å². The van der Waals surface area contributed by atoms with Crippen molar-refractivity contribution in [2.75, 3.05) is 6.54 Å². The Kier molecular flexibility index (Phi) is 12.8. The molecule has 0 saturated carbocycles. The molecule has 2 atom stereocenters. The topological polar surface area (TPSA) is 91.4 Å². The zero-order valence-electron chi connectivity index (χ0n) is 23.4. The Bertz CT molecular complexity index is 979. The molecular weight excluding hydrogens is 472 g/mol. The quantitative estimate of drug-likeness (QED) is 0.543. The molecule has 1 fully saturated rings. The summed E-state index contributed by atoms with van der Waals surface area (Å²) in [5.74, 6) is -0.612. The van der Waals surface area contributed by atoms with Gasteiger partial charge in [-0.25, -0.2) is 4.98 Å². The first kappa shape index (κ1) is 31.3. The van der Waals surface area contributed by atoms with E-state index in [-0.39, 0.29) is 17.7 Å². The monoisotopic (exact) mass is 516 g/mol. The summed E-state index contributed by atoms with van der Waals surface area (Å²) in [6.45, 7) is 18.0. The highest BCUT2D eigenvalue weighted by molar-refractivity contribution is 7.13. The molecular formula is C28H44N4O3S. The molecule has 3 rings (SSSR count). The van der Waals surface area contributed by atoms with Crippen molar-refractivity contribution in [1.82, 2.24) is 20.5 Å². The van der Waals surface area contributed by atoms with E-state index in [0.717, 1.165) is 28.1 Å². The Morgan fingerprint density at radius 1 is 1.11 bits per heavy atom. The molecule has 2 aromatic rings. The highest BCUT2D eigenvalue weighted by Crippen LogP contribution is 2.28. The molecule has 1 aliphatic rings. The molecule has 2 N–H and O–H groups in total. The van der Waals surface area contributed by atoms with Gasteiger partial charge in [0.1, 0.15) is 12.1 Å². The molecule has 1 aliphatic heterocycles. The summed E-state index contributed by atoms with van der Waals surface area (Å²) in [5.41, 5.74) is 4.49. The highest BCUT2D eigenvalue weighted by atomic mass is 32.1. The van der Waals surface area contributed by atoms with Gasteiger partial charge in [-0.3, -0.25) is 14.4 Å². The molecule has 2 unspecified atom stereocenters. The molecule has 3 amide bonds. The minimum absolute atomic E-state index is 0.159. The number of benzene rings is 1. The van der Waals surface area contributed by atoms with Crippen LogP contribution in [0.1, 0.15) is 79.5 Å². The molecule has 0 radical (unpaired) electrons. The molecule has 8 heteroatoms.